The standard InChI is InChI=1S/C12H18N4O2/c1-8(2)15-12-13-5-9(6-14-12)7-16-4-3-10(16)11(17)18/h5-6,8,10H,3-4,7H2,1-2H3,(H,17,18)(H,13,14,15). The van der Waals surface area contributed by atoms with Gasteiger partial charge in [-0.25, -0.2) is 9.97 Å². The van der Waals surface area contributed by atoms with E-state index in [1.807, 2.05) is 18.7 Å². The molecule has 6 nitrogen and oxygen atoms in total. The summed E-state index contributed by atoms with van der Waals surface area (Å²) in [5, 5.41) is 12.1. The van der Waals surface area contributed by atoms with Crippen molar-refractivity contribution in [3.8, 4) is 0 Å². The minimum absolute atomic E-state index is 0.294. The molecule has 0 radical (unpaired) electrons. The van der Waals surface area contributed by atoms with Gasteiger partial charge in [-0.15, -0.1) is 0 Å². The monoisotopic (exact) mass is 250 g/mol. The van der Waals surface area contributed by atoms with Gasteiger partial charge in [0, 0.05) is 37.1 Å². The zero-order valence-corrected chi connectivity index (χ0v) is 10.6. The Morgan fingerprint density at radius 3 is 2.67 bits per heavy atom. The average Bonchev–Trinajstić information content (AvgIpc) is 2.25. The fourth-order valence-corrected chi connectivity index (χ4v) is 1.91. The van der Waals surface area contributed by atoms with E-state index in [9.17, 15) is 4.79 Å². The number of hydrogen-bond donors (Lipinski definition) is 2. The Kier molecular flexibility index (Phi) is 3.76. The van der Waals surface area contributed by atoms with Crippen molar-refractivity contribution in [2.45, 2.75) is 38.9 Å². The molecule has 0 aliphatic carbocycles. The summed E-state index contributed by atoms with van der Waals surface area (Å²) < 4.78 is 0. The molecule has 1 atom stereocenters. The van der Waals surface area contributed by atoms with Crippen LogP contribution in [0.15, 0.2) is 12.4 Å². The molecule has 2 rings (SSSR count). The van der Waals surface area contributed by atoms with Gasteiger partial charge in [0.25, 0.3) is 0 Å². The zero-order valence-electron chi connectivity index (χ0n) is 10.6. The Hall–Kier alpha value is -1.69. The number of rotatable bonds is 5. The lowest BCUT2D eigenvalue weighted by Crippen LogP contribution is -2.51. The summed E-state index contributed by atoms with van der Waals surface area (Å²) in [4.78, 5) is 21.2. The van der Waals surface area contributed by atoms with E-state index in [2.05, 4.69) is 15.3 Å². The van der Waals surface area contributed by atoms with Gasteiger partial charge in [0.15, 0.2) is 0 Å². The number of carboxylic acids is 1. The number of carboxylic acid groups (broad SMARTS) is 1. The Morgan fingerprint density at radius 1 is 1.56 bits per heavy atom. The lowest BCUT2D eigenvalue weighted by molar-refractivity contribution is -0.148. The number of aromatic nitrogens is 2. The predicted octanol–water partition coefficient (Wildman–Crippen LogP) is 0.956. The van der Waals surface area contributed by atoms with Crippen molar-refractivity contribution >= 4 is 11.9 Å². The van der Waals surface area contributed by atoms with E-state index < -0.39 is 5.97 Å². The minimum atomic E-state index is -0.750. The van der Waals surface area contributed by atoms with Crippen molar-refractivity contribution < 1.29 is 9.90 Å². The maximum Gasteiger partial charge on any atom is 0.320 e. The summed E-state index contributed by atoms with van der Waals surface area (Å²) in [6.45, 7) is 5.46. The highest BCUT2D eigenvalue weighted by atomic mass is 16.4. The molecule has 0 amide bonds. The second-order valence-electron chi connectivity index (χ2n) is 4.83. The molecule has 0 bridgehead atoms. The lowest BCUT2D eigenvalue weighted by Gasteiger charge is -2.37. The van der Waals surface area contributed by atoms with Crippen molar-refractivity contribution in [2.75, 3.05) is 11.9 Å². The fraction of sp³-hybridized carbons (Fsp3) is 0.583. The van der Waals surface area contributed by atoms with Gasteiger partial charge in [-0.3, -0.25) is 9.69 Å². The van der Waals surface area contributed by atoms with Crippen LogP contribution in [0.5, 0.6) is 0 Å². The van der Waals surface area contributed by atoms with Crippen molar-refractivity contribution in [3.05, 3.63) is 18.0 Å². The first-order chi connectivity index (χ1) is 8.56. The molecule has 1 unspecified atom stereocenters. The van der Waals surface area contributed by atoms with E-state index in [4.69, 9.17) is 5.11 Å². The van der Waals surface area contributed by atoms with Crippen LogP contribution < -0.4 is 5.32 Å². The molecule has 1 aromatic rings. The summed E-state index contributed by atoms with van der Waals surface area (Å²) >= 11 is 0. The Morgan fingerprint density at radius 2 is 2.22 bits per heavy atom. The van der Waals surface area contributed by atoms with Crippen molar-refractivity contribution in [2.24, 2.45) is 0 Å². The number of aliphatic carboxylic acids is 1. The maximum atomic E-state index is 10.9. The van der Waals surface area contributed by atoms with Gasteiger partial charge in [0.2, 0.25) is 5.95 Å². The molecule has 1 fully saturated rings. The summed E-state index contributed by atoms with van der Waals surface area (Å²) in [7, 11) is 0. The summed E-state index contributed by atoms with van der Waals surface area (Å²) in [5.74, 6) is -0.146. The molecule has 0 aromatic carbocycles. The third-order valence-electron chi connectivity index (χ3n) is 2.92. The Balaban J connectivity index is 1.92. The van der Waals surface area contributed by atoms with E-state index in [0.29, 0.717) is 18.5 Å². The highest BCUT2D eigenvalue weighted by Gasteiger charge is 2.33. The van der Waals surface area contributed by atoms with Crippen LogP contribution in [0.25, 0.3) is 0 Å². The van der Waals surface area contributed by atoms with E-state index in [1.54, 1.807) is 12.4 Å². The van der Waals surface area contributed by atoms with Crippen LogP contribution >= 0.6 is 0 Å². The molecule has 1 aliphatic rings. The van der Waals surface area contributed by atoms with Crippen molar-refractivity contribution in [1.82, 2.24) is 14.9 Å². The van der Waals surface area contributed by atoms with Crippen LogP contribution in [0.2, 0.25) is 0 Å². The number of hydrogen-bond acceptors (Lipinski definition) is 5. The smallest absolute Gasteiger partial charge is 0.320 e. The van der Waals surface area contributed by atoms with Gasteiger partial charge in [-0.1, -0.05) is 0 Å². The molecule has 2 heterocycles. The quantitative estimate of drug-likeness (QED) is 0.810. The maximum absolute atomic E-state index is 10.9. The van der Waals surface area contributed by atoms with Gasteiger partial charge in [0.1, 0.15) is 6.04 Å². The lowest BCUT2D eigenvalue weighted by atomic mass is 10.0. The van der Waals surface area contributed by atoms with E-state index in [1.165, 1.54) is 0 Å². The van der Waals surface area contributed by atoms with Gasteiger partial charge in [-0.05, 0) is 20.3 Å². The van der Waals surface area contributed by atoms with Gasteiger partial charge in [0.05, 0.1) is 0 Å². The van der Waals surface area contributed by atoms with Crippen LogP contribution in [-0.2, 0) is 11.3 Å². The van der Waals surface area contributed by atoms with Crippen LogP contribution in [0.4, 0.5) is 5.95 Å². The normalized spacial score (nSPS) is 19.6. The number of carbonyl (C=O) groups is 1. The van der Waals surface area contributed by atoms with Crippen LogP contribution in [0, 0.1) is 0 Å². The first-order valence-corrected chi connectivity index (χ1v) is 6.10. The van der Waals surface area contributed by atoms with Crippen LogP contribution in [0.3, 0.4) is 0 Å². The van der Waals surface area contributed by atoms with Crippen molar-refractivity contribution in [3.63, 3.8) is 0 Å². The largest absolute Gasteiger partial charge is 0.480 e. The van der Waals surface area contributed by atoms with Gasteiger partial charge < -0.3 is 10.4 Å². The number of anilines is 1. The van der Waals surface area contributed by atoms with E-state index in [-0.39, 0.29) is 6.04 Å². The third-order valence-corrected chi connectivity index (χ3v) is 2.92. The second kappa shape index (κ2) is 5.30. The number of nitrogens with zero attached hydrogens (tertiary/aromatic N) is 3. The molecule has 0 saturated carbocycles. The molecule has 1 saturated heterocycles. The average molecular weight is 250 g/mol. The molecule has 2 N–H and O–H groups in total. The first kappa shape index (κ1) is 12.8. The molecule has 1 aliphatic heterocycles. The topological polar surface area (TPSA) is 78.4 Å². The summed E-state index contributed by atoms with van der Waals surface area (Å²) in [5.41, 5.74) is 0.940. The molecular formula is C12H18N4O2. The van der Waals surface area contributed by atoms with E-state index in [0.717, 1.165) is 18.5 Å². The molecule has 6 heteroatoms. The molecule has 98 valence electrons. The van der Waals surface area contributed by atoms with Gasteiger partial charge in [-0.2, -0.15) is 0 Å². The van der Waals surface area contributed by atoms with Crippen LogP contribution in [-0.4, -0.2) is 44.6 Å². The highest BCUT2D eigenvalue weighted by Crippen LogP contribution is 2.20. The zero-order chi connectivity index (χ0) is 13.1. The SMILES string of the molecule is CC(C)Nc1ncc(CN2CCC2C(=O)O)cn1. The highest BCUT2D eigenvalue weighted by molar-refractivity contribution is 5.74. The fourth-order valence-electron chi connectivity index (χ4n) is 1.91. The number of likely N-dealkylation sites (tertiary alicyclic amines) is 1. The first-order valence-electron chi connectivity index (χ1n) is 6.10. The molecule has 1 aromatic heterocycles. The Labute approximate surface area is 106 Å². The van der Waals surface area contributed by atoms with Gasteiger partial charge >= 0.3 is 5.97 Å². The van der Waals surface area contributed by atoms with E-state index >= 15 is 0 Å². The molecule has 18 heavy (non-hydrogen) atoms. The molecule has 0 spiro atoms. The predicted molar refractivity (Wildman–Crippen MR) is 67.2 cm³/mol. The Bertz CT molecular complexity index is 419. The number of nitrogens with one attached hydrogen (secondary N) is 1. The van der Waals surface area contributed by atoms with Crippen LogP contribution in [0.1, 0.15) is 25.8 Å². The molecular weight excluding hydrogens is 232 g/mol. The minimum Gasteiger partial charge on any atom is -0.480 e. The second-order valence-corrected chi connectivity index (χ2v) is 4.83. The summed E-state index contributed by atoms with van der Waals surface area (Å²) in [6, 6.07) is -0.0545. The third kappa shape index (κ3) is 2.95. The van der Waals surface area contributed by atoms with Crippen molar-refractivity contribution in [1.29, 1.82) is 0 Å². The summed E-state index contributed by atoms with van der Waals surface area (Å²) in [6.07, 6.45) is 4.22.